The number of anilines is 1. The third kappa shape index (κ3) is 3.58. The molecule has 3 aromatic rings. The van der Waals surface area contributed by atoms with E-state index in [9.17, 15) is 9.59 Å². The van der Waals surface area contributed by atoms with Crippen LogP contribution in [0.15, 0.2) is 57.6 Å². The monoisotopic (exact) mass is 378 g/mol. The molecule has 3 heterocycles. The first-order chi connectivity index (χ1) is 13.5. The highest BCUT2D eigenvalue weighted by Gasteiger charge is 2.26. The van der Waals surface area contributed by atoms with Crippen LogP contribution in [-0.2, 0) is 17.8 Å². The van der Waals surface area contributed by atoms with Crippen molar-refractivity contribution in [2.45, 2.75) is 26.8 Å². The molecule has 1 N–H and O–H groups in total. The molecule has 1 aliphatic rings. The smallest absolute Gasteiger partial charge is 0.289 e. The van der Waals surface area contributed by atoms with Crippen molar-refractivity contribution < 1.29 is 18.4 Å². The van der Waals surface area contributed by atoms with Crippen molar-refractivity contribution in [1.29, 1.82) is 0 Å². The Labute approximate surface area is 163 Å². The Morgan fingerprint density at radius 1 is 1.14 bits per heavy atom. The van der Waals surface area contributed by atoms with Crippen molar-refractivity contribution in [2.24, 2.45) is 5.92 Å². The molecule has 2 aromatic heterocycles. The van der Waals surface area contributed by atoms with E-state index < -0.39 is 0 Å². The van der Waals surface area contributed by atoms with Gasteiger partial charge in [0.2, 0.25) is 5.91 Å². The quantitative estimate of drug-likeness (QED) is 0.733. The summed E-state index contributed by atoms with van der Waals surface area (Å²) in [5, 5.41) is 2.88. The zero-order chi connectivity index (χ0) is 19.7. The maximum atomic E-state index is 12.5. The number of nitrogens with zero attached hydrogens (tertiary/aromatic N) is 1. The second-order valence-electron chi connectivity index (χ2n) is 7.23. The zero-order valence-electron chi connectivity index (χ0n) is 15.9. The number of hydrogen-bond donors (Lipinski definition) is 1. The van der Waals surface area contributed by atoms with Crippen molar-refractivity contribution in [3.8, 4) is 11.3 Å². The number of fused-ring (bicyclic) bond motifs is 1. The lowest BCUT2D eigenvalue weighted by atomic mass is 10.1. The van der Waals surface area contributed by atoms with E-state index in [2.05, 4.69) is 5.32 Å². The van der Waals surface area contributed by atoms with Crippen molar-refractivity contribution in [2.75, 3.05) is 11.9 Å². The van der Waals surface area contributed by atoms with Crippen molar-refractivity contribution in [3.05, 3.63) is 65.8 Å². The average Bonchev–Trinajstić information content (AvgIpc) is 3.37. The number of rotatable bonds is 4. The highest BCUT2D eigenvalue weighted by molar-refractivity contribution is 5.92. The number of nitrogens with one attached hydrogen (secondary N) is 1. The van der Waals surface area contributed by atoms with Crippen molar-refractivity contribution in [3.63, 3.8) is 0 Å². The fraction of sp³-hybridized carbons (Fsp3) is 0.273. The second-order valence-corrected chi connectivity index (χ2v) is 7.23. The van der Waals surface area contributed by atoms with Gasteiger partial charge in [0.05, 0.1) is 6.26 Å². The molecule has 6 nitrogen and oxygen atoms in total. The van der Waals surface area contributed by atoms with Gasteiger partial charge in [-0.15, -0.1) is 0 Å². The molecule has 144 valence electrons. The molecule has 0 aliphatic carbocycles. The molecule has 0 fully saturated rings. The summed E-state index contributed by atoms with van der Waals surface area (Å²) in [4.78, 5) is 26.1. The Bertz CT molecular complexity index is 984. The van der Waals surface area contributed by atoms with Gasteiger partial charge in [-0.3, -0.25) is 9.59 Å². The lowest BCUT2D eigenvalue weighted by Crippen LogP contribution is -2.35. The van der Waals surface area contributed by atoms with Gasteiger partial charge in [-0.25, -0.2) is 0 Å². The molecule has 0 saturated heterocycles. The van der Waals surface area contributed by atoms with Crippen LogP contribution in [0.2, 0.25) is 0 Å². The molecule has 4 rings (SSSR count). The lowest BCUT2D eigenvalue weighted by molar-refractivity contribution is -0.118. The predicted octanol–water partition coefficient (Wildman–Crippen LogP) is 4.33. The van der Waals surface area contributed by atoms with E-state index in [-0.39, 0.29) is 17.7 Å². The highest BCUT2D eigenvalue weighted by Crippen LogP contribution is 2.30. The minimum absolute atomic E-state index is 0.0115. The largest absolute Gasteiger partial charge is 0.461 e. The average molecular weight is 378 g/mol. The van der Waals surface area contributed by atoms with Crippen molar-refractivity contribution >= 4 is 17.5 Å². The van der Waals surface area contributed by atoms with Crippen LogP contribution >= 0.6 is 0 Å². The van der Waals surface area contributed by atoms with Crippen LogP contribution in [-0.4, -0.2) is 23.3 Å². The Balaban J connectivity index is 1.48. The van der Waals surface area contributed by atoms with Crippen LogP contribution < -0.4 is 5.32 Å². The number of carbonyl (C=O) groups excluding carboxylic acids is 2. The summed E-state index contributed by atoms with van der Waals surface area (Å²) in [6.07, 6.45) is 2.18. The first-order valence-corrected chi connectivity index (χ1v) is 9.37. The van der Waals surface area contributed by atoms with Gasteiger partial charge in [0.25, 0.3) is 5.91 Å². The number of benzene rings is 1. The van der Waals surface area contributed by atoms with E-state index in [4.69, 9.17) is 8.83 Å². The van der Waals surface area contributed by atoms with E-state index in [1.165, 1.54) is 6.26 Å². The summed E-state index contributed by atoms with van der Waals surface area (Å²) >= 11 is 0. The van der Waals surface area contributed by atoms with Crippen molar-refractivity contribution in [1.82, 2.24) is 4.90 Å². The molecule has 6 heteroatoms. The SMILES string of the molecule is CC(C)C(=O)Nc1ccc(-c2cc3c(o2)CCN(C(=O)c2ccco2)C3)cc1. The fourth-order valence-corrected chi connectivity index (χ4v) is 3.21. The number of amides is 2. The molecule has 0 spiro atoms. The molecule has 0 bridgehead atoms. The Hall–Kier alpha value is -3.28. The third-order valence-corrected chi connectivity index (χ3v) is 4.85. The summed E-state index contributed by atoms with van der Waals surface area (Å²) in [7, 11) is 0. The summed E-state index contributed by atoms with van der Waals surface area (Å²) in [5.74, 6) is 1.84. The Morgan fingerprint density at radius 3 is 2.61 bits per heavy atom. The van der Waals surface area contributed by atoms with Crippen LogP contribution in [0.1, 0.15) is 35.7 Å². The number of furan rings is 2. The maximum absolute atomic E-state index is 12.5. The van der Waals surface area contributed by atoms with Gasteiger partial charge in [0.1, 0.15) is 11.5 Å². The van der Waals surface area contributed by atoms with Crippen LogP contribution in [0.25, 0.3) is 11.3 Å². The number of carbonyl (C=O) groups is 2. The summed E-state index contributed by atoms with van der Waals surface area (Å²) in [6, 6.07) is 13.0. The Kier molecular flexibility index (Phi) is 4.77. The normalized spacial score (nSPS) is 13.5. The van der Waals surface area contributed by atoms with E-state index in [1.807, 2.05) is 44.2 Å². The molecule has 0 atom stereocenters. The van der Waals surface area contributed by atoms with Gasteiger partial charge in [0, 0.05) is 42.2 Å². The molecule has 0 unspecified atom stereocenters. The highest BCUT2D eigenvalue weighted by atomic mass is 16.3. The van der Waals surface area contributed by atoms with Gasteiger partial charge >= 0.3 is 0 Å². The van der Waals surface area contributed by atoms with Gasteiger partial charge in [-0.2, -0.15) is 0 Å². The predicted molar refractivity (Wildman–Crippen MR) is 105 cm³/mol. The standard InChI is InChI=1S/C22H22N2O4/c1-14(2)21(25)23-17-7-5-15(6-8-17)20-12-16-13-24(10-9-18(16)28-20)22(26)19-4-3-11-27-19/h3-8,11-12,14H,9-10,13H2,1-2H3,(H,23,25). The molecular formula is C22H22N2O4. The summed E-state index contributed by atoms with van der Waals surface area (Å²) in [6.45, 7) is 4.81. The molecule has 0 saturated carbocycles. The second kappa shape index (κ2) is 7.38. The minimum atomic E-state index is -0.108. The summed E-state index contributed by atoms with van der Waals surface area (Å²) < 4.78 is 11.2. The van der Waals surface area contributed by atoms with Crippen LogP contribution in [0.3, 0.4) is 0 Å². The van der Waals surface area contributed by atoms with Crippen LogP contribution in [0.4, 0.5) is 5.69 Å². The maximum Gasteiger partial charge on any atom is 0.289 e. The fourth-order valence-electron chi connectivity index (χ4n) is 3.21. The lowest BCUT2D eigenvalue weighted by Gasteiger charge is -2.25. The van der Waals surface area contributed by atoms with Crippen LogP contribution in [0, 0.1) is 5.92 Å². The molecular weight excluding hydrogens is 356 g/mol. The zero-order valence-corrected chi connectivity index (χ0v) is 15.9. The molecule has 1 aromatic carbocycles. The topological polar surface area (TPSA) is 75.7 Å². The van der Waals surface area contributed by atoms with E-state index >= 15 is 0 Å². The molecule has 2 amide bonds. The summed E-state index contributed by atoms with van der Waals surface area (Å²) in [5.41, 5.74) is 2.70. The van der Waals surface area contributed by atoms with Gasteiger partial charge in [0.15, 0.2) is 5.76 Å². The third-order valence-electron chi connectivity index (χ3n) is 4.85. The number of hydrogen-bond acceptors (Lipinski definition) is 4. The minimum Gasteiger partial charge on any atom is -0.461 e. The van der Waals surface area contributed by atoms with Gasteiger partial charge in [-0.05, 0) is 42.5 Å². The first-order valence-electron chi connectivity index (χ1n) is 9.37. The van der Waals surface area contributed by atoms with Crippen LogP contribution in [0.5, 0.6) is 0 Å². The van der Waals surface area contributed by atoms with Gasteiger partial charge < -0.3 is 19.1 Å². The van der Waals surface area contributed by atoms with E-state index in [0.717, 1.165) is 28.3 Å². The molecule has 28 heavy (non-hydrogen) atoms. The van der Waals surface area contributed by atoms with E-state index in [1.54, 1.807) is 17.0 Å². The molecule has 0 radical (unpaired) electrons. The van der Waals surface area contributed by atoms with Gasteiger partial charge in [-0.1, -0.05) is 13.8 Å². The Morgan fingerprint density at radius 2 is 1.93 bits per heavy atom. The molecule has 1 aliphatic heterocycles. The van der Waals surface area contributed by atoms with E-state index in [0.29, 0.717) is 25.3 Å². The first kappa shape index (κ1) is 18.1.